The monoisotopic (exact) mass is 374 g/mol. The maximum Gasteiger partial charge on any atom is 0.264 e. The Bertz CT molecular complexity index is 940. The number of para-hydroxylation sites is 1. The second-order valence-electron chi connectivity index (χ2n) is 6.41. The Labute approximate surface area is 155 Å². The number of thiophene rings is 1. The van der Waals surface area contributed by atoms with Crippen LogP contribution in [0.1, 0.15) is 28.2 Å². The number of nitrogens with zero attached hydrogens (tertiary/aromatic N) is 3. The van der Waals surface area contributed by atoms with Gasteiger partial charge in [0, 0.05) is 24.5 Å². The van der Waals surface area contributed by atoms with Crippen molar-refractivity contribution in [3.63, 3.8) is 0 Å². The lowest BCUT2D eigenvalue weighted by Gasteiger charge is -2.29. The molecule has 5 nitrogen and oxygen atoms in total. The van der Waals surface area contributed by atoms with E-state index in [4.69, 9.17) is 17.3 Å². The van der Waals surface area contributed by atoms with Crippen molar-refractivity contribution in [1.29, 1.82) is 0 Å². The predicted octanol–water partition coefficient (Wildman–Crippen LogP) is 3.61. The van der Waals surface area contributed by atoms with Gasteiger partial charge in [-0.1, -0.05) is 23.7 Å². The van der Waals surface area contributed by atoms with Gasteiger partial charge >= 0.3 is 0 Å². The largest absolute Gasteiger partial charge is 0.338 e. The van der Waals surface area contributed by atoms with Crippen molar-refractivity contribution >= 4 is 39.1 Å². The number of carbonyl (C=O) groups excluding carboxylic acids is 1. The van der Waals surface area contributed by atoms with E-state index in [1.54, 1.807) is 0 Å². The summed E-state index contributed by atoms with van der Waals surface area (Å²) in [5.41, 5.74) is 7.66. The topological polar surface area (TPSA) is 64.2 Å². The Morgan fingerprint density at radius 3 is 2.76 bits per heavy atom. The summed E-state index contributed by atoms with van der Waals surface area (Å²) in [6, 6.07) is 9.76. The molecular formula is C18H19ClN4OS. The van der Waals surface area contributed by atoms with Crippen LogP contribution in [0.3, 0.4) is 0 Å². The highest BCUT2D eigenvalue weighted by atomic mass is 35.5. The minimum Gasteiger partial charge on any atom is -0.338 e. The summed E-state index contributed by atoms with van der Waals surface area (Å²) in [7, 11) is 0. The number of piperidine rings is 1. The maximum absolute atomic E-state index is 12.8. The first-order valence-electron chi connectivity index (χ1n) is 8.33. The highest BCUT2D eigenvalue weighted by Crippen LogP contribution is 2.33. The van der Waals surface area contributed by atoms with Gasteiger partial charge in [-0.05, 0) is 38.0 Å². The molecule has 4 rings (SSSR count). The Hall–Kier alpha value is -1.89. The van der Waals surface area contributed by atoms with Crippen LogP contribution in [0.25, 0.3) is 15.9 Å². The molecule has 1 amide bonds. The number of benzene rings is 1. The molecule has 2 N–H and O–H groups in total. The number of hydrogen-bond acceptors (Lipinski definition) is 4. The van der Waals surface area contributed by atoms with Crippen LogP contribution in [0.15, 0.2) is 30.3 Å². The molecule has 3 aromatic rings. The molecule has 0 spiro atoms. The molecule has 1 aliphatic heterocycles. The summed E-state index contributed by atoms with van der Waals surface area (Å²) < 4.78 is 1.83. The number of rotatable bonds is 2. The van der Waals surface area contributed by atoms with Crippen LogP contribution in [0.4, 0.5) is 0 Å². The summed E-state index contributed by atoms with van der Waals surface area (Å²) in [5, 5.41) is 6.24. The van der Waals surface area contributed by atoms with Gasteiger partial charge in [0.15, 0.2) is 0 Å². The van der Waals surface area contributed by atoms with Crippen LogP contribution in [-0.4, -0.2) is 39.7 Å². The molecule has 130 valence electrons. The van der Waals surface area contributed by atoms with E-state index in [0.717, 1.165) is 52.4 Å². The molecule has 1 saturated heterocycles. The van der Waals surface area contributed by atoms with E-state index in [-0.39, 0.29) is 11.9 Å². The third-order valence-corrected chi connectivity index (χ3v) is 6.08. The summed E-state index contributed by atoms with van der Waals surface area (Å²) in [4.78, 5) is 16.4. The van der Waals surface area contributed by atoms with Gasteiger partial charge < -0.3 is 10.6 Å². The van der Waals surface area contributed by atoms with Crippen molar-refractivity contribution in [2.24, 2.45) is 5.73 Å². The van der Waals surface area contributed by atoms with E-state index in [1.807, 2.05) is 46.8 Å². The highest BCUT2D eigenvalue weighted by molar-refractivity contribution is 7.20. The molecule has 2 aromatic heterocycles. The lowest BCUT2D eigenvalue weighted by Crippen LogP contribution is -2.42. The second kappa shape index (κ2) is 6.44. The fraction of sp³-hybridized carbons (Fsp3) is 0.333. The smallest absolute Gasteiger partial charge is 0.264 e. The number of aromatic nitrogens is 2. The quantitative estimate of drug-likeness (QED) is 0.745. The van der Waals surface area contributed by atoms with Gasteiger partial charge in [0.25, 0.3) is 5.91 Å². The average Bonchev–Trinajstić information content (AvgIpc) is 3.16. The van der Waals surface area contributed by atoms with Crippen LogP contribution in [0, 0.1) is 6.92 Å². The number of amides is 1. The lowest BCUT2D eigenvalue weighted by molar-refractivity contribution is 0.0720. The van der Waals surface area contributed by atoms with Crippen molar-refractivity contribution in [2.45, 2.75) is 25.8 Å². The zero-order valence-corrected chi connectivity index (χ0v) is 15.5. The van der Waals surface area contributed by atoms with Gasteiger partial charge in [0.05, 0.1) is 21.3 Å². The fourth-order valence-corrected chi connectivity index (χ4v) is 4.56. The maximum atomic E-state index is 12.8. The molecule has 7 heteroatoms. The Morgan fingerprint density at radius 1 is 1.32 bits per heavy atom. The van der Waals surface area contributed by atoms with Crippen molar-refractivity contribution in [2.75, 3.05) is 13.1 Å². The predicted molar refractivity (Wildman–Crippen MR) is 102 cm³/mol. The molecule has 0 atom stereocenters. The van der Waals surface area contributed by atoms with Gasteiger partial charge in [0.2, 0.25) is 0 Å². The molecular weight excluding hydrogens is 356 g/mol. The van der Waals surface area contributed by atoms with E-state index in [1.165, 1.54) is 11.3 Å². The van der Waals surface area contributed by atoms with Gasteiger partial charge in [-0.2, -0.15) is 5.10 Å². The summed E-state index contributed by atoms with van der Waals surface area (Å²) >= 11 is 7.80. The molecule has 0 radical (unpaired) electrons. The van der Waals surface area contributed by atoms with Gasteiger partial charge in [-0.3, -0.25) is 4.79 Å². The molecule has 1 aromatic carbocycles. The Balaban J connectivity index is 1.73. The van der Waals surface area contributed by atoms with Gasteiger partial charge in [-0.25, -0.2) is 4.68 Å². The van der Waals surface area contributed by atoms with Gasteiger partial charge in [-0.15, -0.1) is 11.3 Å². The third-order valence-electron chi connectivity index (χ3n) is 4.66. The minimum atomic E-state index is 0.0817. The SMILES string of the molecule is Cc1nn(-c2ccccc2Cl)c2sc(C(=O)N3CCC(N)CC3)cc12. The number of hydrogen-bond donors (Lipinski definition) is 1. The Morgan fingerprint density at radius 2 is 2.04 bits per heavy atom. The van der Waals surface area contributed by atoms with Crippen molar-refractivity contribution < 1.29 is 4.79 Å². The van der Waals surface area contributed by atoms with Crippen molar-refractivity contribution in [3.8, 4) is 5.69 Å². The normalized spacial score (nSPS) is 15.9. The van der Waals surface area contributed by atoms with Crippen LogP contribution < -0.4 is 5.73 Å². The number of nitrogens with two attached hydrogens (primary N) is 1. The number of likely N-dealkylation sites (tertiary alicyclic amines) is 1. The van der Waals surface area contributed by atoms with E-state index in [9.17, 15) is 4.79 Å². The van der Waals surface area contributed by atoms with Gasteiger partial charge in [0.1, 0.15) is 4.83 Å². The average molecular weight is 375 g/mol. The molecule has 1 aliphatic rings. The van der Waals surface area contributed by atoms with Crippen LogP contribution in [0.5, 0.6) is 0 Å². The molecule has 1 fully saturated rings. The summed E-state index contributed by atoms with van der Waals surface area (Å²) in [6.45, 7) is 3.41. The van der Waals surface area contributed by atoms with Crippen LogP contribution >= 0.6 is 22.9 Å². The lowest BCUT2D eigenvalue weighted by atomic mass is 10.1. The zero-order valence-electron chi connectivity index (χ0n) is 13.9. The minimum absolute atomic E-state index is 0.0817. The van der Waals surface area contributed by atoms with Crippen LogP contribution in [0.2, 0.25) is 5.02 Å². The molecule has 3 heterocycles. The standard InChI is InChI=1S/C18H19ClN4OS/c1-11-13-10-16(17(24)22-8-6-12(20)7-9-22)25-18(13)23(21-11)15-5-3-2-4-14(15)19/h2-5,10,12H,6-9,20H2,1H3. The first-order chi connectivity index (χ1) is 12.0. The number of halogens is 1. The second-order valence-corrected chi connectivity index (χ2v) is 7.85. The zero-order chi connectivity index (χ0) is 17.6. The molecule has 0 saturated carbocycles. The fourth-order valence-electron chi connectivity index (χ4n) is 3.20. The van der Waals surface area contributed by atoms with Crippen LogP contribution in [-0.2, 0) is 0 Å². The van der Waals surface area contributed by atoms with E-state index in [2.05, 4.69) is 5.10 Å². The van der Waals surface area contributed by atoms with Crippen molar-refractivity contribution in [3.05, 3.63) is 45.9 Å². The first-order valence-corrected chi connectivity index (χ1v) is 9.53. The Kier molecular flexibility index (Phi) is 4.27. The molecule has 25 heavy (non-hydrogen) atoms. The first kappa shape index (κ1) is 16.6. The number of aryl methyl sites for hydroxylation is 1. The number of carbonyl (C=O) groups is 1. The molecule has 0 aliphatic carbocycles. The summed E-state index contributed by atoms with van der Waals surface area (Å²) in [5.74, 6) is 0.0817. The van der Waals surface area contributed by atoms with E-state index < -0.39 is 0 Å². The summed E-state index contributed by atoms with van der Waals surface area (Å²) in [6.07, 6.45) is 1.73. The third kappa shape index (κ3) is 2.94. The van der Waals surface area contributed by atoms with E-state index >= 15 is 0 Å². The highest BCUT2D eigenvalue weighted by Gasteiger charge is 2.25. The molecule has 0 bridgehead atoms. The number of fused-ring (bicyclic) bond motifs is 1. The van der Waals surface area contributed by atoms with E-state index in [0.29, 0.717) is 5.02 Å². The van der Waals surface area contributed by atoms with Crippen molar-refractivity contribution in [1.82, 2.24) is 14.7 Å². The molecule has 0 unspecified atom stereocenters.